The zero-order valence-electron chi connectivity index (χ0n) is 13.6. The molecule has 5 heteroatoms. The first-order valence-electron chi connectivity index (χ1n) is 8.91. The molecule has 2 N–H and O–H groups in total. The van der Waals surface area contributed by atoms with Crippen molar-refractivity contribution in [1.29, 1.82) is 0 Å². The van der Waals surface area contributed by atoms with Gasteiger partial charge in [-0.05, 0) is 56.5 Å². The van der Waals surface area contributed by atoms with Crippen LogP contribution in [0.3, 0.4) is 0 Å². The number of carbonyl (C=O) groups is 2. The molecule has 2 aliphatic heterocycles. The van der Waals surface area contributed by atoms with Gasteiger partial charge >= 0.3 is 0 Å². The van der Waals surface area contributed by atoms with Crippen LogP contribution in [0.25, 0.3) is 0 Å². The predicted octanol–water partition coefficient (Wildman–Crippen LogP) is 1.14. The fourth-order valence-electron chi connectivity index (χ4n) is 4.53. The molecule has 5 nitrogen and oxygen atoms in total. The number of carbonyl (C=O) groups excluding carboxylic acids is 2. The number of fused-ring (bicyclic) bond motifs is 1. The molecule has 2 amide bonds. The smallest absolute Gasteiger partial charge is 0.245 e. The Labute approximate surface area is 133 Å². The van der Waals surface area contributed by atoms with E-state index in [2.05, 4.69) is 10.6 Å². The molecule has 2 heterocycles. The summed E-state index contributed by atoms with van der Waals surface area (Å²) < 4.78 is 0. The highest BCUT2D eigenvalue weighted by Crippen LogP contribution is 2.31. The van der Waals surface area contributed by atoms with Crippen LogP contribution in [0.2, 0.25) is 0 Å². The largest absolute Gasteiger partial charge is 0.344 e. The van der Waals surface area contributed by atoms with Crippen LogP contribution in [0.15, 0.2) is 0 Å². The molecule has 22 heavy (non-hydrogen) atoms. The number of likely N-dealkylation sites (tertiary alicyclic amines) is 1. The van der Waals surface area contributed by atoms with Crippen LogP contribution in [-0.4, -0.2) is 48.9 Å². The molecule has 3 atom stereocenters. The lowest BCUT2D eigenvalue weighted by molar-refractivity contribution is -0.137. The topological polar surface area (TPSA) is 61.4 Å². The van der Waals surface area contributed by atoms with Gasteiger partial charge < -0.3 is 15.5 Å². The number of hydrogen-bond acceptors (Lipinski definition) is 3. The van der Waals surface area contributed by atoms with Crippen LogP contribution in [0.5, 0.6) is 0 Å². The molecule has 1 aliphatic carbocycles. The van der Waals surface area contributed by atoms with Crippen molar-refractivity contribution in [2.75, 3.05) is 26.2 Å². The highest BCUT2D eigenvalue weighted by atomic mass is 16.2. The van der Waals surface area contributed by atoms with E-state index in [1.807, 2.05) is 4.90 Å². The van der Waals surface area contributed by atoms with Crippen LogP contribution in [0, 0.1) is 17.8 Å². The summed E-state index contributed by atoms with van der Waals surface area (Å²) in [5.41, 5.74) is 0. The Kier molecular flexibility index (Phi) is 5.01. The van der Waals surface area contributed by atoms with Crippen LogP contribution in [0.1, 0.15) is 45.4 Å². The number of nitrogens with one attached hydrogen (secondary N) is 2. The normalized spacial score (nSPS) is 30.7. The first-order chi connectivity index (χ1) is 10.6. The van der Waals surface area contributed by atoms with Gasteiger partial charge in [-0.15, -0.1) is 0 Å². The molecule has 1 unspecified atom stereocenters. The Hall–Kier alpha value is -1.10. The first kappa shape index (κ1) is 15.8. The lowest BCUT2D eigenvalue weighted by atomic mass is 9.92. The maximum absolute atomic E-state index is 13.0. The van der Waals surface area contributed by atoms with E-state index >= 15 is 0 Å². The average molecular weight is 307 g/mol. The van der Waals surface area contributed by atoms with Gasteiger partial charge in [-0.1, -0.05) is 12.8 Å². The molecule has 1 saturated carbocycles. The lowest BCUT2D eigenvalue weighted by Gasteiger charge is -2.30. The molecular formula is C17H29N3O2. The molecule has 0 aromatic carbocycles. The van der Waals surface area contributed by atoms with Crippen molar-refractivity contribution < 1.29 is 9.59 Å². The molecule has 0 aromatic rings. The SMILES string of the molecule is CC(=O)NC(C(=O)N1CC[C@@H]2CNC[C@@H]2CC1)C1CCCC1. The van der Waals surface area contributed by atoms with Crippen LogP contribution in [0.4, 0.5) is 0 Å². The second-order valence-corrected chi connectivity index (χ2v) is 7.30. The molecule has 3 rings (SSSR count). The molecule has 3 aliphatic rings. The second-order valence-electron chi connectivity index (χ2n) is 7.30. The van der Waals surface area contributed by atoms with Crippen LogP contribution < -0.4 is 10.6 Å². The summed E-state index contributed by atoms with van der Waals surface area (Å²) in [7, 11) is 0. The van der Waals surface area contributed by atoms with E-state index in [0.717, 1.165) is 63.7 Å². The Morgan fingerprint density at radius 1 is 1.05 bits per heavy atom. The molecule has 0 bridgehead atoms. The summed E-state index contributed by atoms with van der Waals surface area (Å²) in [6.45, 7) is 5.43. The Balaban J connectivity index is 1.65. The number of nitrogens with zero attached hydrogens (tertiary/aromatic N) is 1. The van der Waals surface area contributed by atoms with E-state index < -0.39 is 0 Å². The lowest BCUT2D eigenvalue weighted by Crippen LogP contribution is -2.51. The maximum atomic E-state index is 13.0. The van der Waals surface area contributed by atoms with Crippen molar-refractivity contribution in [2.24, 2.45) is 17.8 Å². The highest BCUT2D eigenvalue weighted by Gasteiger charge is 2.37. The summed E-state index contributed by atoms with van der Waals surface area (Å²) >= 11 is 0. The first-order valence-corrected chi connectivity index (χ1v) is 8.91. The van der Waals surface area contributed by atoms with Gasteiger partial charge in [0.05, 0.1) is 0 Å². The second kappa shape index (κ2) is 6.99. The zero-order chi connectivity index (χ0) is 15.5. The fourth-order valence-corrected chi connectivity index (χ4v) is 4.53. The highest BCUT2D eigenvalue weighted by molar-refractivity contribution is 5.87. The van der Waals surface area contributed by atoms with E-state index in [1.54, 1.807) is 0 Å². The van der Waals surface area contributed by atoms with Gasteiger partial charge in [-0.3, -0.25) is 9.59 Å². The third-order valence-electron chi connectivity index (χ3n) is 5.83. The monoisotopic (exact) mass is 307 g/mol. The summed E-state index contributed by atoms with van der Waals surface area (Å²) in [5, 5.41) is 6.42. The van der Waals surface area contributed by atoms with Crippen LogP contribution in [-0.2, 0) is 9.59 Å². The van der Waals surface area contributed by atoms with Crippen molar-refractivity contribution in [2.45, 2.75) is 51.5 Å². The fraction of sp³-hybridized carbons (Fsp3) is 0.882. The van der Waals surface area contributed by atoms with E-state index in [0.29, 0.717) is 5.92 Å². The van der Waals surface area contributed by atoms with E-state index in [9.17, 15) is 9.59 Å². The quantitative estimate of drug-likeness (QED) is 0.822. The molecular weight excluding hydrogens is 278 g/mol. The molecule has 0 spiro atoms. The van der Waals surface area contributed by atoms with Crippen molar-refractivity contribution >= 4 is 11.8 Å². The summed E-state index contributed by atoms with van der Waals surface area (Å²) in [4.78, 5) is 26.5. The van der Waals surface area contributed by atoms with E-state index in [4.69, 9.17) is 0 Å². The predicted molar refractivity (Wildman–Crippen MR) is 85.2 cm³/mol. The number of rotatable bonds is 3. The number of amides is 2. The van der Waals surface area contributed by atoms with Crippen molar-refractivity contribution in [1.82, 2.24) is 15.5 Å². The maximum Gasteiger partial charge on any atom is 0.245 e. The summed E-state index contributed by atoms with van der Waals surface area (Å²) in [6.07, 6.45) is 6.70. The van der Waals surface area contributed by atoms with Gasteiger partial charge in [0.1, 0.15) is 6.04 Å². The minimum Gasteiger partial charge on any atom is -0.344 e. The zero-order valence-corrected chi connectivity index (χ0v) is 13.6. The van der Waals surface area contributed by atoms with Gasteiger partial charge in [0, 0.05) is 20.0 Å². The van der Waals surface area contributed by atoms with E-state index in [1.165, 1.54) is 19.8 Å². The van der Waals surface area contributed by atoms with Crippen molar-refractivity contribution in [3.05, 3.63) is 0 Å². The summed E-state index contributed by atoms with van der Waals surface area (Å²) in [6, 6.07) is -0.295. The average Bonchev–Trinajstić information content (AvgIpc) is 3.13. The standard InChI is InChI=1S/C17H29N3O2/c1-12(21)19-16(13-4-2-3-5-13)17(22)20-8-6-14-10-18-11-15(14)7-9-20/h13-16,18H,2-11H2,1H3,(H,19,21)/t14-,15+,16?. The summed E-state index contributed by atoms with van der Waals surface area (Å²) in [5.74, 6) is 1.86. The van der Waals surface area contributed by atoms with Gasteiger partial charge in [-0.2, -0.15) is 0 Å². The Bertz CT molecular complexity index is 406. The van der Waals surface area contributed by atoms with Gasteiger partial charge in [0.15, 0.2) is 0 Å². The number of hydrogen-bond donors (Lipinski definition) is 2. The molecule has 0 aromatic heterocycles. The molecule has 3 fully saturated rings. The van der Waals surface area contributed by atoms with Crippen molar-refractivity contribution in [3.63, 3.8) is 0 Å². The van der Waals surface area contributed by atoms with Gasteiger partial charge in [0.25, 0.3) is 0 Å². The van der Waals surface area contributed by atoms with Gasteiger partial charge in [0.2, 0.25) is 11.8 Å². The minimum absolute atomic E-state index is 0.0823. The van der Waals surface area contributed by atoms with E-state index in [-0.39, 0.29) is 17.9 Å². The Morgan fingerprint density at radius 2 is 1.64 bits per heavy atom. The minimum atomic E-state index is -0.295. The Morgan fingerprint density at radius 3 is 2.18 bits per heavy atom. The third kappa shape index (κ3) is 3.45. The molecule has 124 valence electrons. The van der Waals surface area contributed by atoms with Gasteiger partial charge in [-0.25, -0.2) is 0 Å². The van der Waals surface area contributed by atoms with Crippen molar-refractivity contribution in [3.8, 4) is 0 Å². The third-order valence-corrected chi connectivity index (χ3v) is 5.83. The molecule has 2 saturated heterocycles. The van der Waals surface area contributed by atoms with Crippen LogP contribution >= 0.6 is 0 Å². The molecule has 0 radical (unpaired) electrons.